The van der Waals surface area contributed by atoms with E-state index in [-0.39, 0.29) is 17.4 Å². The summed E-state index contributed by atoms with van der Waals surface area (Å²) in [5.74, 6) is -5.00. The van der Waals surface area contributed by atoms with Crippen molar-refractivity contribution in [2.75, 3.05) is 13.2 Å². The Morgan fingerprint density at radius 3 is 2.48 bits per heavy atom. The van der Waals surface area contributed by atoms with Crippen molar-refractivity contribution in [3.63, 3.8) is 0 Å². The number of nitrogens with zero attached hydrogens (tertiary/aromatic N) is 2. The van der Waals surface area contributed by atoms with Gasteiger partial charge in [0.05, 0.1) is 24.1 Å². The van der Waals surface area contributed by atoms with E-state index in [4.69, 9.17) is 21.4 Å². The van der Waals surface area contributed by atoms with Crippen LogP contribution in [0.15, 0.2) is 22.4 Å². The van der Waals surface area contributed by atoms with Crippen molar-refractivity contribution in [1.82, 2.24) is 0 Å². The number of aliphatic hydroxyl groups is 1. The topological polar surface area (TPSA) is 91.5 Å². The van der Waals surface area contributed by atoms with Crippen LogP contribution in [0.25, 0.3) is 0 Å². The Morgan fingerprint density at radius 1 is 1.40 bits per heavy atom. The van der Waals surface area contributed by atoms with Crippen molar-refractivity contribution in [3.05, 3.63) is 23.0 Å². The van der Waals surface area contributed by atoms with E-state index >= 15 is 0 Å². The molecule has 2 N–H and O–H groups in total. The first-order valence-corrected chi connectivity index (χ1v) is 7.33. The van der Waals surface area contributed by atoms with E-state index in [2.05, 4.69) is 10.2 Å². The molecule has 0 fully saturated rings. The van der Waals surface area contributed by atoms with Crippen molar-refractivity contribution >= 4 is 23.3 Å². The number of ether oxygens (including phenoxy) is 1. The number of aliphatic carboxylic acids is 1. The standard InChI is InChI=1S/C14H15ClF4N2O4/c1-3-25-11-5-10(9(16)4-8(11)15)21-20-6-13(24,14(17,18)19)7(2)12(22)23/h4-5,7,24H,3,6H2,1-2H3,(H,22,23). The lowest BCUT2D eigenvalue weighted by atomic mass is 9.88. The molecule has 1 rings (SSSR count). The van der Waals surface area contributed by atoms with Gasteiger partial charge in [-0.1, -0.05) is 11.6 Å². The molecule has 11 heteroatoms. The molecule has 0 aliphatic heterocycles. The number of carboxylic acids is 1. The number of benzene rings is 1. The Labute approximate surface area is 145 Å². The third-order valence-corrected chi connectivity index (χ3v) is 3.66. The fourth-order valence-corrected chi connectivity index (χ4v) is 1.96. The van der Waals surface area contributed by atoms with Gasteiger partial charge in [0.2, 0.25) is 0 Å². The van der Waals surface area contributed by atoms with Crippen LogP contribution in [0, 0.1) is 11.7 Å². The maximum absolute atomic E-state index is 13.7. The van der Waals surface area contributed by atoms with E-state index in [1.165, 1.54) is 0 Å². The largest absolute Gasteiger partial charge is 0.492 e. The van der Waals surface area contributed by atoms with Crippen LogP contribution >= 0.6 is 11.6 Å². The minimum Gasteiger partial charge on any atom is -0.492 e. The maximum atomic E-state index is 13.7. The van der Waals surface area contributed by atoms with Gasteiger partial charge < -0.3 is 14.9 Å². The molecule has 1 aromatic carbocycles. The molecule has 0 radical (unpaired) electrons. The van der Waals surface area contributed by atoms with E-state index in [1.54, 1.807) is 6.92 Å². The minimum atomic E-state index is -5.28. The van der Waals surface area contributed by atoms with Gasteiger partial charge in [-0.3, -0.25) is 4.79 Å². The SMILES string of the molecule is CCOc1cc(N=NCC(O)(C(C)C(=O)O)C(F)(F)F)c(F)cc1Cl. The molecule has 0 bridgehead atoms. The summed E-state index contributed by atoms with van der Waals surface area (Å²) in [4.78, 5) is 10.8. The normalized spacial score (nSPS) is 15.8. The summed E-state index contributed by atoms with van der Waals surface area (Å²) in [6, 6.07) is 1.87. The number of azo groups is 1. The molecule has 0 aromatic heterocycles. The van der Waals surface area contributed by atoms with Crippen LogP contribution in [0.5, 0.6) is 5.75 Å². The summed E-state index contributed by atoms with van der Waals surface area (Å²) in [5, 5.41) is 24.8. The van der Waals surface area contributed by atoms with Gasteiger partial charge in [0, 0.05) is 6.07 Å². The summed E-state index contributed by atoms with van der Waals surface area (Å²) in [6.45, 7) is 1.10. The quantitative estimate of drug-likeness (QED) is 0.547. The van der Waals surface area contributed by atoms with Gasteiger partial charge in [-0.05, 0) is 19.9 Å². The van der Waals surface area contributed by atoms with Crippen molar-refractivity contribution < 1.29 is 37.3 Å². The first kappa shape index (κ1) is 21.1. The highest BCUT2D eigenvalue weighted by Gasteiger charge is 2.59. The van der Waals surface area contributed by atoms with E-state index < -0.39 is 41.7 Å². The zero-order valence-corrected chi connectivity index (χ0v) is 13.9. The summed E-state index contributed by atoms with van der Waals surface area (Å²) in [5.41, 5.74) is -4.13. The lowest BCUT2D eigenvalue weighted by Crippen LogP contribution is -2.55. The highest BCUT2D eigenvalue weighted by Crippen LogP contribution is 2.38. The van der Waals surface area contributed by atoms with Gasteiger partial charge in [0.15, 0.2) is 11.4 Å². The summed E-state index contributed by atoms with van der Waals surface area (Å²) < 4.78 is 57.9. The van der Waals surface area contributed by atoms with Crippen molar-refractivity contribution in [2.24, 2.45) is 16.1 Å². The average molecular weight is 387 g/mol. The van der Waals surface area contributed by atoms with Crippen molar-refractivity contribution in [1.29, 1.82) is 0 Å². The van der Waals surface area contributed by atoms with Crippen LogP contribution in [0.1, 0.15) is 13.8 Å². The monoisotopic (exact) mass is 386 g/mol. The lowest BCUT2D eigenvalue weighted by Gasteiger charge is -2.31. The molecule has 0 heterocycles. The maximum Gasteiger partial charge on any atom is 0.419 e. The van der Waals surface area contributed by atoms with E-state index in [0.29, 0.717) is 6.92 Å². The second-order valence-electron chi connectivity index (χ2n) is 5.05. The molecule has 2 unspecified atom stereocenters. The number of halogens is 5. The van der Waals surface area contributed by atoms with Crippen LogP contribution in [0.4, 0.5) is 23.2 Å². The molecule has 0 aliphatic carbocycles. The number of hydrogen-bond acceptors (Lipinski definition) is 5. The highest BCUT2D eigenvalue weighted by atomic mass is 35.5. The Kier molecular flexibility index (Phi) is 6.72. The van der Waals surface area contributed by atoms with Crippen LogP contribution in [0.2, 0.25) is 5.02 Å². The Morgan fingerprint density at radius 2 is 2.00 bits per heavy atom. The fraction of sp³-hybridized carbons (Fsp3) is 0.500. The van der Waals surface area contributed by atoms with E-state index in [0.717, 1.165) is 12.1 Å². The van der Waals surface area contributed by atoms with Gasteiger partial charge in [0.1, 0.15) is 11.4 Å². The Hall–Kier alpha value is -1.94. The van der Waals surface area contributed by atoms with Gasteiger partial charge in [-0.2, -0.15) is 23.4 Å². The molecule has 0 spiro atoms. The number of alkyl halides is 3. The van der Waals surface area contributed by atoms with Crippen molar-refractivity contribution in [2.45, 2.75) is 25.6 Å². The van der Waals surface area contributed by atoms with Gasteiger partial charge in [-0.25, -0.2) is 4.39 Å². The molecule has 0 saturated heterocycles. The number of hydrogen-bond donors (Lipinski definition) is 2. The molecular weight excluding hydrogens is 372 g/mol. The first-order valence-electron chi connectivity index (χ1n) is 6.95. The third-order valence-electron chi connectivity index (χ3n) is 3.37. The lowest BCUT2D eigenvalue weighted by molar-refractivity contribution is -0.272. The van der Waals surface area contributed by atoms with Crippen LogP contribution in [0.3, 0.4) is 0 Å². The van der Waals surface area contributed by atoms with E-state index in [1.807, 2.05) is 0 Å². The fourth-order valence-electron chi connectivity index (χ4n) is 1.76. The molecule has 0 aliphatic rings. The summed E-state index contributed by atoms with van der Waals surface area (Å²) >= 11 is 5.73. The summed E-state index contributed by atoms with van der Waals surface area (Å²) in [7, 11) is 0. The van der Waals surface area contributed by atoms with Crippen LogP contribution < -0.4 is 4.74 Å². The molecule has 0 saturated carbocycles. The Bertz CT molecular complexity index is 669. The van der Waals surface area contributed by atoms with Gasteiger partial charge in [-0.15, -0.1) is 0 Å². The second-order valence-corrected chi connectivity index (χ2v) is 5.46. The molecule has 25 heavy (non-hydrogen) atoms. The molecule has 6 nitrogen and oxygen atoms in total. The van der Waals surface area contributed by atoms with Gasteiger partial charge >= 0.3 is 12.1 Å². The van der Waals surface area contributed by atoms with E-state index in [9.17, 15) is 27.5 Å². The molecule has 1 aromatic rings. The third kappa shape index (κ3) is 4.79. The minimum absolute atomic E-state index is 0.0458. The molecule has 0 amide bonds. The predicted molar refractivity (Wildman–Crippen MR) is 79.8 cm³/mol. The average Bonchev–Trinajstić information content (AvgIpc) is 2.49. The summed E-state index contributed by atoms with van der Waals surface area (Å²) in [6.07, 6.45) is -5.28. The number of rotatable bonds is 7. The predicted octanol–water partition coefficient (Wildman–Crippen LogP) is 3.98. The van der Waals surface area contributed by atoms with Crippen molar-refractivity contribution in [3.8, 4) is 5.75 Å². The number of carbonyl (C=O) groups is 1. The smallest absolute Gasteiger partial charge is 0.419 e. The van der Waals surface area contributed by atoms with Gasteiger partial charge in [0.25, 0.3) is 0 Å². The highest BCUT2D eigenvalue weighted by molar-refractivity contribution is 6.32. The Balaban J connectivity index is 3.12. The second kappa shape index (κ2) is 7.96. The molecular formula is C14H15ClF4N2O4. The number of carboxylic acid groups (broad SMARTS) is 1. The zero-order chi connectivity index (χ0) is 19.4. The molecule has 140 valence electrons. The zero-order valence-electron chi connectivity index (χ0n) is 13.1. The van der Waals surface area contributed by atoms with Crippen LogP contribution in [-0.2, 0) is 4.79 Å². The molecule has 2 atom stereocenters. The van der Waals surface area contributed by atoms with Crippen LogP contribution in [-0.4, -0.2) is 41.1 Å². The first-order chi connectivity index (χ1) is 11.4.